The van der Waals surface area contributed by atoms with Crippen molar-refractivity contribution in [3.8, 4) is 28.6 Å². The summed E-state index contributed by atoms with van der Waals surface area (Å²) in [5.41, 5.74) is 4.42. The second-order valence-electron chi connectivity index (χ2n) is 10.5. The van der Waals surface area contributed by atoms with Crippen LogP contribution in [0.1, 0.15) is 42.0 Å². The molecule has 1 heterocycles. The van der Waals surface area contributed by atoms with Gasteiger partial charge in [-0.15, -0.1) is 0 Å². The molecule has 0 saturated heterocycles. The summed E-state index contributed by atoms with van der Waals surface area (Å²) >= 11 is 0. The van der Waals surface area contributed by atoms with Gasteiger partial charge in [0, 0.05) is 17.7 Å². The van der Waals surface area contributed by atoms with Crippen LogP contribution in [0.2, 0.25) is 0 Å². The smallest absolute Gasteiger partial charge is 0.282 e. The summed E-state index contributed by atoms with van der Waals surface area (Å²) in [4.78, 5) is 29.1. The number of non-ortho nitro benzene ring substituents is 1. The first-order valence-corrected chi connectivity index (χ1v) is 14.0. The minimum atomic E-state index is -0.444. The Morgan fingerprint density at radius 2 is 1.68 bits per heavy atom. The van der Waals surface area contributed by atoms with E-state index in [1.165, 1.54) is 23.9 Å². The van der Waals surface area contributed by atoms with Crippen molar-refractivity contribution in [2.45, 2.75) is 33.3 Å². The maximum atomic E-state index is 13.8. The number of nitro groups is 1. The Hall–Kier alpha value is -5.51. The summed E-state index contributed by atoms with van der Waals surface area (Å²) in [5, 5.41) is 16.0. The van der Waals surface area contributed by atoms with Crippen LogP contribution in [0.5, 0.6) is 17.2 Å². The summed E-state index contributed by atoms with van der Waals surface area (Å²) < 4.78 is 18.4. The van der Waals surface area contributed by atoms with Crippen molar-refractivity contribution < 1.29 is 19.1 Å². The molecular formula is C34H32N4O6. The monoisotopic (exact) mass is 592 g/mol. The van der Waals surface area contributed by atoms with E-state index in [0.717, 1.165) is 28.0 Å². The van der Waals surface area contributed by atoms with Crippen LogP contribution in [0.25, 0.3) is 22.3 Å². The highest BCUT2D eigenvalue weighted by Crippen LogP contribution is 2.34. The van der Waals surface area contributed by atoms with E-state index < -0.39 is 4.92 Å². The van der Waals surface area contributed by atoms with Crippen molar-refractivity contribution in [3.63, 3.8) is 0 Å². The molecule has 0 bridgehead atoms. The third-order valence-corrected chi connectivity index (χ3v) is 7.24. The van der Waals surface area contributed by atoms with Gasteiger partial charge in [-0.3, -0.25) is 14.9 Å². The van der Waals surface area contributed by atoms with E-state index in [-0.39, 0.29) is 23.8 Å². The molecule has 0 aliphatic carbocycles. The van der Waals surface area contributed by atoms with Crippen molar-refractivity contribution in [2.75, 3.05) is 14.2 Å². The number of para-hydroxylation sites is 1. The fraction of sp³-hybridized carbons (Fsp3) is 0.206. The predicted octanol–water partition coefficient (Wildman–Crippen LogP) is 6.88. The summed E-state index contributed by atoms with van der Waals surface area (Å²) in [6.45, 7) is 6.33. The van der Waals surface area contributed by atoms with E-state index in [0.29, 0.717) is 33.8 Å². The number of fused-ring (bicyclic) bond motifs is 1. The second-order valence-corrected chi connectivity index (χ2v) is 10.5. The van der Waals surface area contributed by atoms with Crippen molar-refractivity contribution in [3.05, 3.63) is 122 Å². The van der Waals surface area contributed by atoms with E-state index in [1.807, 2.05) is 31.2 Å². The fourth-order valence-electron chi connectivity index (χ4n) is 4.86. The second kappa shape index (κ2) is 12.8. The zero-order valence-corrected chi connectivity index (χ0v) is 25.1. The highest BCUT2D eigenvalue weighted by Gasteiger charge is 2.18. The molecule has 5 aromatic rings. The quantitative estimate of drug-likeness (QED) is 0.0985. The number of nitro benzene ring substituents is 1. The minimum absolute atomic E-state index is 0.0151. The van der Waals surface area contributed by atoms with Gasteiger partial charge in [-0.2, -0.15) is 9.78 Å². The number of aromatic nitrogens is 2. The molecule has 4 aromatic carbocycles. The zero-order chi connectivity index (χ0) is 31.4. The molecule has 10 heteroatoms. The highest BCUT2D eigenvalue weighted by atomic mass is 16.6. The van der Waals surface area contributed by atoms with Gasteiger partial charge in [0.1, 0.15) is 12.4 Å². The molecule has 0 saturated carbocycles. The Morgan fingerprint density at radius 1 is 0.955 bits per heavy atom. The Bertz CT molecular complexity index is 1930. The lowest BCUT2D eigenvalue weighted by Crippen LogP contribution is -2.20. The molecule has 44 heavy (non-hydrogen) atoms. The van der Waals surface area contributed by atoms with E-state index in [4.69, 9.17) is 19.2 Å². The van der Waals surface area contributed by atoms with Crippen LogP contribution in [-0.2, 0) is 6.61 Å². The molecule has 1 aromatic heterocycles. The molecule has 0 unspecified atom stereocenters. The van der Waals surface area contributed by atoms with Crippen molar-refractivity contribution >= 4 is 22.8 Å². The zero-order valence-electron chi connectivity index (χ0n) is 25.1. The largest absolute Gasteiger partial charge is 0.496 e. The van der Waals surface area contributed by atoms with Gasteiger partial charge in [-0.05, 0) is 89.7 Å². The van der Waals surface area contributed by atoms with Crippen LogP contribution in [0.3, 0.4) is 0 Å². The first-order chi connectivity index (χ1) is 21.2. The topological polar surface area (TPSA) is 118 Å². The molecular weight excluding hydrogens is 560 g/mol. The van der Waals surface area contributed by atoms with Crippen LogP contribution in [0, 0.1) is 17.0 Å². The molecule has 5 rings (SSSR count). The van der Waals surface area contributed by atoms with Crippen LogP contribution in [0.15, 0.2) is 88.8 Å². The lowest BCUT2D eigenvalue weighted by molar-refractivity contribution is -0.384. The predicted molar refractivity (Wildman–Crippen MR) is 170 cm³/mol. The van der Waals surface area contributed by atoms with E-state index in [9.17, 15) is 14.9 Å². The molecule has 0 aliphatic heterocycles. The Morgan fingerprint density at radius 3 is 2.36 bits per heavy atom. The van der Waals surface area contributed by atoms with E-state index in [2.05, 4.69) is 18.9 Å². The standard InChI is InChI=1S/C34H32N4O6/c1-21(2)27-18-28(22(3)16-31(27)42-4)33-36-29-9-7-6-8-26(29)34(39)37(33)35-19-24-12-15-30(32(17-24)43-5)44-20-23-10-13-25(14-11-23)38(40)41/h6-19,21H,20H2,1-5H3. The number of hydrogen-bond acceptors (Lipinski definition) is 8. The molecule has 10 nitrogen and oxygen atoms in total. The molecule has 224 valence electrons. The summed E-state index contributed by atoms with van der Waals surface area (Å²) in [6, 6.07) is 22.6. The first kappa shape index (κ1) is 30.0. The summed E-state index contributed by atoms with van der Waals surface area (Å²) in [7, 11) is 3.18. The number of rotatable bonds is 10. The van der Waals surface area contributed by atoms with Crippen LogP contribution in [-0.4, -0.2) is 35.0 Å². The van der Waals surface area contributed by atoms with Gasteiger partial charge in [0.2, 0.25) is 0 Å². The van der Waals surface area contributed by atoms with Crippen molar-refractivity contribution in [2.24, 2.45) is 5.10 Å². The van der Waals surface area contributed by atoms with Gasteiger partial charge < -0.3 is 14.2 Å². The molecule has 0 atom stereocenters. The van der Waals surface area contributed by atoms with Gasteiger partial charge in [0.05, 0.1) is 36.3 Å². The maximum absolute atomic E-state index is 13.8. The van der Waals surface area contributed by atoms with Gasteiger partial charge in [0.15, 0.2) is 17.3 Å². The first-order valence-electron chi connectivity index (χ1n) is 14.0. The Balaban J connectivity index is 1.51. The average molecular weight is 593 g/mol. The van der Waals surface area contributed by atoms with Gasteiger partial charge in [-0.1, -0.05) is 26.0 Å². The average Bonchev–Trinajstić information content (AvgIpc) is 3.03. The van der Waals surface area contributed by atoms with Crippen LogP contribution < -0.4 is 19.8 Å². The van der Waals surface area contributed by atoms with E-state index in [1.54, 1.807) is 55.8 Å². The molecule has 0 aliphatic rings. The molecule has 0 fully saturated rings. The number of nitrogens with zero attached hydrogens (tertiary/aromatic N) is 4. The Kier molecular flexibility index (Phi) is 8.71. The summed E-state index contributed by atoms with van der Waals surface area (Å²) in [6.07, 6.45) is 1.58. The minimum Gasteiger partial charge on any atom is -0.496 e. The van der Waals surface area contributed by atoms with Gasteiger partial charge in [-0.25, -0.2) is 4.98 Å². The van der Waals surface area contributed by atoms with Crippen molar-refractivity contribution in [1.82, 2.24) is 9.66 Å². The lowest BCUT2D eigenvalue weighted by atomic mass is 9.96. The van der Waals surface area contributed by atoms with E-state index >= 15 is 0 Å². The number of hydrogen-bond donors (Lipinski definition) is 0. The Labute approximate surface area is 254 Å². The van der Waals surface area contributed by atoms with Gasteiger partial charge in [0.25, 0.3) is 11.2 Å². The van der Waals surface area contributed by atoms with Crippen molar-refractivity contribution in [1.29, 1.82) is 0 Å². The third kappa shape index (κ3) is 6.14. The fourth-order valence-corrected chi connectivity index (χ4v) is 4.86. The normalized spacial score (nSPS) is 11.3. The third-order valence-electron chi connectivity index (χ3n) is 7.24. The number of ether oxygens (including phenoxy) is 3. The summed E-state index contributed by atoms with van der Waals surface area (Å²) in [5.74, 6) is 2.34. The number of aryl methyl sites for hydroxylation is 1. The highest BCUT2D eigenvalue weighted by molar-refractivity contribution is 5.83. The lowest BCUT2D eigenvalue weighted by Gasteiger charge is -2.17. The van der Waals surface area contributed by atoms with Crippen LogP contribution >= 0.6 is 0 Å². The van der Waals surface area contributed by atoms with Gasteiger partial charge >= 0.3 is 0 Å². The maximum Gasteiger partial charge on any atom is 0.282 e. The molecule has 0 N–H and O–H groups in total. The molecule has 0 amide bonds. The van der Waals surface area contributed by atoms with Crippen LogP contribution in [0.4, 0.5) is 5.69 Å². The molecule has 0 radical (unpaired) electrons. The molecule has 0 spiro atoms. The number of methoxy groups -OCH3 is 2. The SMILES string of the molecule is COc1cc(C=Nn2c(-c3cc(C(C)C)c(OC)cc3C)nc3ccccc3c2=O)ccc1OCc1ccc([N+](=O)[O-])cc1. The number of benzene rings is 4.